The molecule has 0 aliphatic heterocycles. The van der Waals surface area contributed by atoms with Crippen LogP contribution in [-0.2, 0) is 17.8 Å². The molecule has 0 unspecified atom stereocenters. The molecule has 1 N–H and O–H groups in total. The normalized spacial score (nSPS) is 16.8. The van der Waals surface area contributed by atoms with Gasteiger partial charge in [0.1, 0.15) is 8.07 Å². The largest absolute Gasteiger partial charge is 0.389 e. The molecule has 0 bridgehead atoms. The molecule has 27 heavy (non-hydrogen) atoms. The van der Waals surface area contributed by atoms with Gasteiger partial charge in [-0.25, -0.2) is 0 Å². The van der Waals surface area contributed by atoms with Crippen molar-refractivity contribution in [2.45, 2.75) is 57.5 Å². The molecule has 2 nitrogen and oxygen atoms in total. The lowest BCUT2D eigenvalue weighted by atomic mass is 10.1. The van der Waals surface area contributed by atoms with Gasteiger partial charge in [0, 0.05) is 12.7 Å². The summed E-state index contributed by atoms with van der Waals surface area (Å²) in [4.78, 5) is 0. The summed E-state index contributed by atoms with van der Waals surface area (Å²) in [6.07, 6.45) is 5.21. The molecular weight excluding hydrogens is 348 g/mol. The van der Waals surface area contributed by atoms with Gasteiger partial charge in [0.2, 0.25) is 0 Å². The van der Waals surface area contributed by atoms with Gasteiger partial charge in [-0.1, -0.05) is 100 Å². The van der Waals surface area contributed by atoms with Gasteiger partial charge in [-0.2, -0.15) is 0 Å². The Morgan fingerprint density at radius 3 is 1.93 bits per heavy atom. The van der Waals surface area contributed by atoms with Crippen LogP contribution in [-0.4, -0.2) is 24.6 Å². The zero-order chi connectivity index (χ0) is 20.0. The molecule has 0 heterocycles. The molecule has 2 rings (SSSR count). The fourth-order valence-corrected chi connectivity index (χ4v) is 7.18. The number of benzene rings is 2. The first kappa shape index (κ1) is 21.6. The zero-order valence-corrected chi connectivity index (χ0v) is 18.4. The number of hydrogen-bond donors (Lipinski definition) is 1. The highest BCUT2D eigenvalue weighted by Gasteiger charge is 2.54. The first-order valence-corrected chi connectivity index (χ1v) is 12.4. The second-order valence-corrected chi connectivity index (χ2v) is 14.0. The van der Waals surface area contributed by atoms with E-state index in [1.165, 1.54) is 5.56 Å². The molecule has 0 aliphatic rings. The van der Waals surface area contributed by atoms with Crippen LogP contribution < -0.4 is 0 Å². The maximum atomic E-state index is 11.9. The van der Waals surface area contributed by atoms with Crippen molar-refractivity contribution in [3.63, 3.8) is 0 Å². The van der Waals surface area contributed by atoms with Crippen molar-refractivity contribution < 1.29 is 9.84 Å². The van der Waals surface area contributed by atoms with Gasteiger partial charge in [-0.15, -0.1) is 0 Å². The van der Waals surface area contributed by atoms with E-state index in [1.807, 2.05) is 55.5 Å². The number of allylic oxidation sites excluding steroid dienone is 1. The lowest BCUT2D eigenvalue weighted by Gasteiger charge is -2.50. The van der Waals surface area contributed by atoms with Crippen molar-refractivity contribution in [1.82, 2.24) is 0 Å². The number of rotatable bonds is 8. The van der Waals surface area contributed by atoms with Gasteiger partial charge in [-0.05, 0) is 23.1 Å². The molecule has 0 fully saturated rings. The van der Waals surface area contributed by atoms with E-state index in [4.69, 9.17) is 4.74 Å². The predicted molar refractivity (Wildman–Crippen MR) is 117 cm³/mol. The van der Waals surface area contributed by atoms with Gasteiger partial charge in [0.25, 0.3) is 0 Å². The summed E-state index contributed by atoms with van der Waals surface area (Å²) in [5.74, 6) is 0. The summed E-state index contributed by atoms with van der Waals surface area (Å²) in [7, 11) is -2.32. The quantitative estimate of drug-likeness (QED) is 0.468. The summed E-state index contributed by atoms with van der Waals surface area (Å²) in [6, 6.07) is 20.5. The first-order chi connectivity index (χ1) is 12.7. The van der Waals surface area contributed by atoms with Crippen molar-refractivity contribution in [2.75, 3.05) is 6.23 Å². The second kappa shape index (κ2) is 9.00. The number of ether oxygens (including phenoxy) is 1. The van der Waals surface area contributed by atoms with Gasteiger partial charge in [0.15, 0.2) is 0 Å². The maximum Gasteiger partial charge on any atom is 0.127 e. The third-order valence-corrected chi connectivity index (χ3v) is 12.2. The van der Waals surface area contributed by atoms with E-state index in [-0.39, 0.29) is 5.04 Å². The smallest absolute Gasteiger partial charge is 0.127 e. The minimum Gasteiger partial charge on any atom is -0.389 e. The van der Waals surface area contributed by atoms with Crippen LogP contribution in [0.4, 0.5) is 0 Å². The van der Waals surface area contributed by atoms with Gasteiger partial charge < -0.3 is 9.84 Å². The van der Waals surface area contributed by atoms with Gasteiger partial charge >= 0.3 is 0 Å². The molecular formula is C24H34O2Si. The van der Waals surface area contributed by atoms with Crippen LogP contribution in [0.1, 0.15) is 38.8 Å². The molecule has 2 aromatic carbocycles. The number of hydrogen-bond acceptors (Lipinski definition) is 2. The maximum absolute atomic E-state index is 11.9. The van der Waals surface area contributed by atoms with E-state index >= 15 is 0 Å². The summed E-state index contributed by atoms with van der Waals surface area (Å²) >= 11 is 0. The highest BCUT2D eigenvalue weighted by molar-refractivity contribution is 6.84. The topological polar surface area (TPSA) is 29.5 Å². The zero-order valence-electron chi connectivity index (χ0n) is 17.4. The average molecular weight is 383 g/mol. The van der Waals surface area contributed by atoms with Crippen molar-refractivity contribution >= 4 is 8.07 Å². The summed E-state index contributed by atoms with van der Waals surface area (Å²) in [6.45, 7) is 11.6. The van der Waals surface area contributed by atoms with Crippen LogP contribution in [0.15, 0.2) is 72.8 Å². The first-order valence-electron chi connectivity index (χ1n) is 9.74. The van der Waals surface area contributed by atoms with Crippen LogP contribution >= 0.6 is 0 Å². The fraction of sp³-hybridized carbons (Fsp3) is 0.417. The highest BCUT2D eigenvalue weighted by Crippen LogP contribution is 2.45. The second-order valence-electron chi connectivity index (χ2n) is 8.65. The monoisotopic (exact) mass is 382 g/mol. The van der Waals surface area contributed by atoms with Crippen molar-refractivity contribution in [3.8, 4) is 0 Å². The molecule has 0 aliphatic carbocycles. The Morgan fingerprint density at radius 2 is 1.44 bits per heavy atom. The van der Waals surface area contributed by atoms with E-state index in [0.717, 1.165) is 5.56 Å². The number of aliphatic hydroxyl groups is 1. The molecule has 146 valence electrons. The SMILES string of the molecule is C/C=C\[C@@](O)(Cc1ccccc1)[Si@@](C)(COCc1ccccc1)C(C)(C)C. The Hall–Kier alpha value is -1.68. The Kier molecular flexibility index (Phi) is 7.21. The Balaban J connectivity index is 2.29. The predicted octanol–water partition coefficient (Wildman–Crippen LogP) is 5.71. The van der Waals surface area contributed by atoms with Crippen LogP contribution in [0.3, 0.4) is 0 Å². The molecule has 0 spiro atoms. The van der Waals surface area contributed by atoms with Crippen molar-refractivity contribution in [1.29, 1.82) is 0 Å². The van der Waals surface area contributed by atoms with Crippen LogP contribution in [0.2, 0.25) is 11.6 Å². The van der Waals surface area contributed by atoms with E-state index in [1.54, 1.807) is 0 Å². The van der Waals surface area contributed by atoms with E-state index in [9.17, 15) is 5.11 Å². The molecule has 0 amide bonds. The van der Waals surface area contributed by atoms with Crippen LogP contribution in [0, 0.1) is 0 Å². The minimum atomic E-state index is -2.32. The van der Waals surface area contributed by atoms with E-state index in [0.29, 0.717) is 19.3 Å². The van der Waals surface area contributed by atoms with Crippen molar-refractivity contribution in [3.05, 3.63) is 83.9 Å². The average Bonchev–Trinajstić information content (AvgIpc) is 2.62. The standard InChI is InChI=1S/C24H34O2Si/c1-6-17-24(25,18-21-13-9-7-10-14-21)27(5,23(2,3)4)20-26-19-22-15-11-8-12-16-22/h6-17,25H,18-20H2,1-5H3/b17-6-/t24-,27-/m0/s1. The molecule has 2 aromatic rings. The Labute approximate surface area is 165 Å². The molecule has 0 aromatic heterocycles. The van der Waals surface area contributed by atoms with E-state index < -0.39 is 13.3 Å². The fourth-order valence-electron chi connectivity index (χ4n) is 3.56. The third kappa shape index (κ3) is 5.19. The minimum absolute atomic E-state index is 0.0211. The Bertz CT molecular complexity index is 721. The molecule has 2 atom stereocenters. The molecule has 0 saturated carbocycles. The highest BCUT2D eigenvalue weighted by atomic mass is 28.3. The summed E-state index contributed by atoms with van der Waals surface area (Å²) < 4.78 is 6.21. The molecule has 3 heteroatoms. The summed E-state index contributed by atoms with van der Waals surface area (Å²) in [5, 5.41) is 11.0. The Morgan fingerprint density at radius 1 is 0.926 bits per heavy atom. The van der Waals surface area contributed by atoms with Crippen LogP contribution in [0.5, 0.6) is 0 Å². The lowest BCUT2D eigenvalue weighted by molar-refractivity contribution is 0.120. The third-order valence-electron chi connectivity index (χ3n) is 5.87. The van der Waals surface area contributed by atoms with Gasteiger partial charge in [0.05, 0.1) is 11.8 Å². The van der Waals surface area contributed by atoms with E-state index in [2.05, 4.69) is 51.6 Å². The summed E-state index contributed by atoms with van der Waals surface area (Å²) in [5.41, 5.74) is 2.32. The van der Waals surface area contributed by atoms with Crippen LogP contribution in [0.25, 0.3) is 0 Å². The van der Waals surface area contributed by atoms with Crippen molar-refractivity contribution in [2.24, 2.45) is 0 Å². The molecule has 0 saturated heterocycles. The molecule has 0 radical (unpaired) electrons. The van der Waals surface area contributed by atoms with Gasteiger partial charge in [-0.3, -0.25) is 0 Å². The lowest BCUT2D eigenvalue weighted by Crippen LogP contribution is -2.65.